The highest BCUT2D eigenvalue weighted by Gasteiger charge is 2.34. The molecule has 2 heterocycles. The molecule has 25 heavy (non-hydrogen) atoms. The van der Waals surface area contributed by atoms with Gasteiger partial charge in [-0.25, -0.2) is 4.79 Å². The first kappa shape index (κ1) is 15.5. The van der Waals surface area contributed by atoms with Crippen LogP contribution in [0.3, 0.4) is 0 Å². The van der Waals surface area contributed by atoms with Crippen molar-refractivity contribution in [2.75, 3.05) is 6.79 Å². The van der Waals surface area contributed by atoms with E-state index < -0.39 is 12.0 Å². The van der Waals surface area contributed by atoms with Gasteiger partial charge >= 0.3 is 5.97 Å². The van der Waals surface area contributed by atoms with Crippen molar-refractivity contribution in [1.29, 1.82) is 0 Å². The lowest BCUT2D eigenvalue weighted by Crippen LogP contribution is -2.49. The van der Waals surface area contributed by atoms with Crippen molar-refractivity contribution in [1.82, 2.24) is 4.90 Å². The van der Waals surface area contributed by atoms with Crippen LogP contribution >= 0.6 is 0 Å². The van der Waals surface area contributed by atoms with E-state index >= 15 is 0 Å². The maximum absolute atomic E-state index is 12.8. The first-order valence-electron chi connectivity index (χ1n) is 8.09. The topological polar surface area (TPSA) is 76.1 Å². The zero-order valence-corrected chi connectivity index (χ0v) is 13.5. The molecule has 128 valence electrons. The summed E-state index contributed by atoms with van der Waals surface area (Å²) in [7, 11) is 0. The van der Waals surface area contributed by atoms with E-state index in [4.69, 9.17) is 9.47 Å². The van der Waals surface area contributed by atoms with Gasteiger partial charge in [0.25, 0.3) is 0 Å². The molecular formula is C19H17NO5. The molecule has 2 aliphatic heterocycles. The number of carboxylic acid groups (broad SMARTS) is 1. The molecule has 0 unspecified atom stereocenters. The van der Waals surface area contributed by atoms with Crippen molar-refractivity contribution in [2.24, 2.45) is 0 Å². The zero-order chi connectivity index (χ0) is 17.4. The second-order valence-electron chi connectivity index (χ2n) is 6.21. The summed E-state index contributed by atoms with van der Waals surface area (Å²) in [6.07, 6.45) is 0.459. The van der Waals surface area contributed by atoms with Crippen molar-refractivity contribution >= 4 is 11.9 Å². The molecule has 0 aromatic heterocycles. The normalized spacial score (nSPS) is 17.9. The molecule has 1 amide bonds. The summed E-state index contributed by atoms with van der Waals surface area (Å²) in [5.74, 6) is 0.0879. The number of hydrogen-bond acceptors (Lipinski definition) is 4. The van der Waals surface area contributed by atoms with Gasteiger partial charge < -0.3 is 19.5 Å². The Morgan fingerprint density at radius 3 is 2.64 bits per heavy atom. The van der Waals surface area contributed by atoms with Gasteiger partial charge in [0, 0.05) is 13.0 Å². The van der Waals surface area contributed by atoms with E-state index in [0.717, 1.165) is 16.7 Å². The van der Waals surface area contributed by atoms with Crippen LogP contribution in [0.2, 0.25) is 0 Å². The number of fused-ring (bicyclic) bond motifs is 2. The molecule has 0 aliphatic carbocycles. The summed E-state index contributed by atoms with van der Waals surface area (Å²) >= 11 is 0. The Bertz CT molecular complexity index is 847. The van der Waals surface area contributed by atoms with Crippen LogP contribution in [-0.2, 0) is 29.0 Å². The van der Waals surface area contributed by atoms with Crippen LogP contribution in [0.4, 0.5) is 0 Å². The number of carboxylic acids is 1. The van der Waals surface area contributed by atoms with Crippen molar-refractivity contribution in [2.45, 2.75) is 25.4 Å². The van der Waals surface area contributed by atoms with Gasteiger partial charge in [0.2, 0.25) is 12.7 Å². The largest absolute Gasteiger partial charge is 0.480 e. The average molecular weight is 339 g/mol. The van der Waals surface area contributed by atoms with Crippen molar-refractivity contribution in [3.8, 4) is 11.5 Å². The first-order valence-corrected chi connectivity index (χ1v) is 8.09. The highest BCUT2D eigenvalue weighted by molar-refractivity contribution is 5.86. The summed E-state index contributed by atoms with van der Waals surface area (Å²) in [5.41, 5.74) is 2.76. The molecule has 4 rings (SSSR count). The number of benzene rings is 2. The summed E-state index contributed by atoms with van der Waals surface area (Å²) in [5, 5.41) is 9.55. The monoisotopic (exact) mass is 339 g/mol. The molecule has 6 heteroatoms. The lowest BCUT2D eigenvalue weighted by Gasteiger charge is -2.34. The Balaban J connectivity index is 1.56. The summed E-state index contributed by atoms with van der Waals surface area (Å²) < 4.78 is 10.6. The minimum absolute atomic E-state index is 0.128. The van der Waals surface area contributed by atoms with Crippen molar-refractivity contribution in [3.63, 3.8) is 0 Å². The molecular weight excluding hydrogens is 322 g/mol. The maximum Gasteiger partial charge on any atom is 0.326 e. The minimum atomic E-state index is -0.978. The summed E-state index contributed by atoms with van der Waals surface area (Å²) in [4.78, 5) is 25.9. The Labute approximate surface area is 144 Å². The fourth-order valence-electron chi connectivity index (χ4n) is 3.33. The Morgan fingerprint density at radius 1 is 1.08 bits per heavy atom. The number of hydrogen-bond donors (Lipinski definition) is 1. The van der Waals surface area contributed by atoms with Crippen molar-refractivity contribution < 1.29 is 24.2 Å². The summed E-state index contributed by atoms with van der Waals surface area (Å²) in [6.45, 7) is 0.493. The van der Waals surface area contributed by atoms with E-state index in [0.29, 0.717) is 24.5 Å². The lowest BCUT2D eigenvalue weighted by atomic mass is 9.93. The Kier molecular flexibility index (Phi) is 3.80. The number of ether oxygens (including phenoxy) is 2. The smallest absolute Gasteiger partial charge is 0.326 e. The summed E-state index contributed by atoms with van der Waals surface area (Å²) in [6, 6.07) is 12.2. The van der Waals surface area contributed by atoms with E-state index in [1.54, 1.807) is 18.2 Å². The number of carbonyl (C=O) groups is 2. The SMILES string of the molecule is O=C(O)[C@@H]1Cc2ccccc2CN1C(=O)Cc1ccc2c(c1)OCO2. The van der Waals surface area contributed by atoms with Crippen LogP contribution in [0.1, 0.15) is 16.7 Å². The van der Waals surface area contributed by atoms with Gasteiger partial charge in [0.05, 0.1) is 6.42 Å². The van der Waals surface area contributed by atoms with Crippen LogP contribution in [0, 0.1) is 0 Å². The number of amides is 1. The van der Waals surface area contributed by atoms with Gasteiger partial charge in [-0.15, -0.1) is 0 Å². The van der Waals surface area contributed by atoms with Crippen LogP contribution in [0.5, 0.6) is 11.5 Å². The van der Waals surface area contributed by atoms with E-state index in [-0.39, 0.29) is 19.1 Å². The lowest BCUT2D eigenvalue weighted by molar-refractivity contribution is -0.151. The third kappa shape index (κ3) is 2.91. The standard InChI is InChI=1S/C19H17NO5/c21-18(8-12-5-6-16-17(7-12)25-11-24-16)20-10-14-4-2-1-3-13(14)9-15(20)19(22)23/h1-7,15H,8-11H2,(H,22,23)/t15-/m0/s1. The molecule has 0 spiro atoms. The molecule has 0 bridgehead atoms. The van der Waals surface area contributed by atoms with Crippen LogP contribution < -0.4 is 9.47 Å². The number of aliphatic carboxylic acids is 1. The van der Waals surface area contributed by atoms with Crippen LogP contribution in [0.25, 0.3) is 0 Å². The van der Waals surface area contributed by atoms with E-state index in [2.05, 4.69) is 0 Å². The van der Waals surface area contributed by atoms with E-state index in [1.165, 1.54) is 4.90 Å². The predicted octanol–water partition coefficient (Wildman–Crippen LogP) is 2.00. The Morgan fingerprint density at radius 2 is 1.84 bits per heavy atom. The van der Waals surface area contributed by atoms with Gasteiger partial charge in [0.15, 0.2) is 11.5 Å². The highest BCUT2D eigenvalue weighted by atomic mass is 16.7. The van der Waals surface area contributed by atoms with Crippen LogP contribution in [0.15, 0.2) is 42.5 Å². The van der Waals surface area contributed by atoms with Gasteiger partial charge in [0.1, 0.15) is 6.04 Å². The second kappa shape index (κ2) is 6.12. The molecule has 0 fully saturated rings. The van der Waals surface area contributed by atoms with Gasteiger partial charge in [-0.05, 0) is 28.8 Å². The fourth-order valence-corrected chi connectivity index (χ4v) is 3.33. The second-order valence-corrected chi connectivity index (χ2v) is 6.21. The molecule has 1 N–H and O–H groups in total. The maximum atomic E-state index is 12.8. The molecule has 0 saturated heterocycles. The van der Waals surface area contributed by atoms with Gasteiger partial charge in [-0.1, -0.05) is 30.3 Å². The third-order valence-corrected chi connectivity index (χ3v) is 4.65. The van der Waals surface area contributed by atoms with Gasteiger partial charge in [-0.3, -0.25) is 4.79 Å². The van der Waals surface area contributed by atoms with E-state index in [1.807, 2.05) is 24.3 Å². The molecule has 0 radical (unpaired) electrons. The van der Waals surface area contributed by atoms with Crippen molar-refractivity contribution in [3.05, 3.63) is 59.2 Å². The van der Waals surface area contributed by atoms with E-state index in [9.17, 15) is 14.7 Å². The molecule has 6 nitrogen and oxygen atoms in total. The number of carbonyl (C=O) groups excluding carboxylic acids is 1. The average Bonchev–Trinajstić information content (AvgIpc) is 3.08. The minimum Gasteiger partial charge on any atom is -0.480 e. The zero-order valence-electron chi connectivity index (χ0n) is 13.5. The first-order chi connectivity index (χ1) is 12.1. The predicted molar refractivity (Wildman–Crippen MR) is 88.4 cm³/mol. The number of nitrogens with zero attached hydrogens (tertiary/aromatic N) is 1. The van der Waals surface area contributed by atoms with Crippen LogP contribution in [-0.4, -0.2) is 34.7 Å². The number of rotatable bonds is 3. The molecule has 2 aliphatic rings. The molecule has 2 aromatic rings. The Hall–Kier alpha value is -3.02. The fraction of sp³-hybridized carbons (Fsp3) is 0.263. The third-order valence-electron chi connectivity index (χ3n) is 4.65. The quantitative estimate of drug-likeness (QED) is 0.926. The highest BCUT2D eigenvalue weighted by Crippen LogP contribution is 2.33. The molecule has 1 atom stereocenters. The molecule has 2 aromatic carbocycles. The molecule has 0 saturated carbocycles. The van der Waals surface area contributed by atoms with Gasteiger partial charge in [-0.2, -0.15) is 0 Å².